The van der Waals surface area contributed by atoms with Crippen LogP contribution in [0.25, 0.3) is 0 Å². The third-order valence-electron chi connectivity index (χ3n) is 4.53. The van der Waals surface area contributed by atoms with Crippen molar-refractivity contribution in [1.29, 1.82) is 0 Å². The van der Waals surface area contributed by atoms with Crippen LogP contribution in [0.4, 0.5) is 14.9 Å². The molecule has 0 aliphatic carbocycles. The van der Waals surface area contributed by atoms with Crippen molar-refractivity contribution in [2.45, 2.75) is 13.1 Å². The Hall–Kier alpha value is -3.87. The van der Waals surface area contributed by atoms with Gasteiger partial charge in [0, 0.05) is 18.8 Å². The molecular weight excluding hydrogens is 397 g/mol. The molecule has 160 valence electrons. The molecule has 0 aliphatic rings. The molecule has 0 atom stereocenters. The highest BCUT2D eigenvalue weighted by Crippen LogP contribution is 2.13. The summed E-state index contributed by atoms with van der Waals surface area (Å²) in [6, 6.07) is 18.2. The SMILES string of the molecule is C=CCN(CC(=O)N(Cc1ccccc1)Cc1ccco1)C(=O)Nc1cccc(F)c1. The molecule has 0 saturated heterocycles. The van der Waals surface area contributed by atoms with Crippen LogP contribution in [-0.4, -0.2) is 34.8 Å². The molecule has 6 nitrogen and oxygen atoms in total. The standard InChI is InChI=1S/C24H24FN3O3/c1-2-13-27(24(30)26-21-11-6-10-20(25)15-21)18-23(29)28(17-22-12-7-14-31-22)16-19-8-4-3-5-9-19/h2-12,14-15H,1,13,16-18H2,(H,26,30). The maximum atomic E-state index is 13.4. The summed E-state index contributed by atoms with van der Waals surface area (Å²) in [7, 11) is 0. The van der Waals surface area contributed by atoms with Gasteiger partial charge in [-0.2, -0.15) is 0 Å². The lowest BCUT2D eigenvalue weighted by atomic mass is 10.2. The molecule has 0 unspecified atom stereocenters. The Morgan fingerprint density at radius 3 is 2.48 bits per heavy atom. The van der Waals surface area contributed by atoms with E-state index in [1.807, 2.05) is 30.3 Å². The van der Waals surface area contributed by atoms with E-state index in [9.17, 15) is 14.0 Å². The molecule has 3 rings (SSSR count). The first-order chi connectivity index (χ1) is 15.0. The van der Waals surface area contributed by atoms with Gasteiger partial charge >= 0.3 is 6.03 Å². The van der Waals surface area contributed by atoms with Crippen molar-refractivity contribution in [2.24, 2.45) is 0 Å². The molecule has 2 aromatic carbocycles. The molecule has 0 fully saturated rings. The predicted octanol–water partition coefficient (Wildman–Crippen LogP) is 4.67. The third-order valence-corrected chi connectivity index (χ3v) is 4.53. The molecule has 1 N–H and O–H groups in total. The highest BCUT2D eigenvalue weighted by Gasteiger charge is 2.22. The average molecular weight is 421 g/mol. The number of anilines is 1. The Bertz CT molecular complexity index is 1010. The molecule has 0 bridgehead atoms. The number of hydrogen-bond acceptors (Lipinski definition) is 3. The van der Waals surface area contributed by atoms with Crippen molar-refractivity contribution in [3.05, 3.63) is 103 Å². The van der Waals surface area contributed by atoms with Gasteiger partial charge < -0.3 is 19.5 Å². The number of urea groups is 1. The Morgan fingerprint density at radius 1 is 1.00 bits per heavy atom. The maximum absolute atomic E-state index is 13.4. The Kier molecular flexibility index (Phi) is 7.59. The van der Waals surface area contributed by atoms with Crippen LogP contribution in [0.3, 0.4) is 0 Å². The Balaban J connectivity index is 1.72. The molecule has 3 aromatic rings. The number of amides is 3. The lowest BCUT2D eigenvalue weighted by Gasteiger charge is -2.27. The summed E-state index contributed by atoms with van der Waals surface area (Å²) >= 11 is 0. The fourth-order valence-corrected chi connectivity index (χ4v) is 3.03. The molecule has 1 heterocycles. The summed E-state index contributed by atoms with van der Waals surface area (Å²) in [5.74, 6) is -0.0723. The van der Waals surface area contributed by atoms with Gasteiger partial charge in [-0.1, -0.05) is 42.5 Å². The number of nitrogens with one attached hydrogen (secondary N) is 1. The number of hydrogen-bond donors (Lipinski definition) is 1. The smallest absolute Gasteiger partial charge is 0.322 e. The van der Waals surface area contributed by atoms with Crippen molar-refractivity contribution in [1.82, 2.24) is 9.80 Å². The van der Waals surface area contributed by atoms with Gasteiger partial charge in [-0.05, 0) is 35.9 Å². The fourth-order valence-electron chi connectivity index (χ4n) is 3.03. The lowest BCUT2D eigenvalue weighted by Crippen LogP contribution is -2.44. The molecule has 7 heteroatoms. The molecule has 0 radical (unpaired) electrons. The monoisotopic (exact) mass is 421 g/mol. The van der Waals surface area contributed by atoms with Crippen LogP contribution >= 0.6 is 0 Å². The normalized spacial score (nSPS) is 10.4. The minimum atomic E-state index is -0.517. The van der Waals surface area contributed by atoms with Gasteiger partial charge in [0.2, 0.25) is 5.91 Å². The van der Waals surface area contributed by atoms with E-state index >= 15 is 0 Å². The number of nitrogens with zero attached hydrogens (tertiary/aromatic N) is 2. The number of halogens is 1. The van der Waals surface area contributed by atoms with E-state index in [-0.39, 0.29) is 25.5 Å². The quantitative estimate of drug-likeness (QED) is 0.511. The highest BCUT2D eigenvalue weighted by molar-refractivity contribution is 5.92. The predicted molar refractivity (Wildman–Crippen MR) is 117 cm³/mol. The molecule has 31 heavy (non-hydrogen) atoms. The van der Waals surface area contributed by atoms with E-state index < -0.39 is 11.8 Å². The van der Waals surface area contributed by atoms with Crippen molar-refractivity contribution >= 4 is 17.6 Å². The molecular formula is C24H24FN3O3. The topological polar surface area (TPSA) is 65.8 Å². The van der Waals surface area contributed by atoms with Crippen molar-refractivity contribution < 1.29 is 18.4 Å². The second kappa shape index (κ2) is 10.8. The summed E-state index contributed by atoms with van der Waals surface area (Å²) in [5, 5.41) is 2.62. The second-order valence-electron chi connectivity index (χ2n) is 6.92. The lowest BCUT2D eigenvalue weighted by molar-refractivity contribution is -0.133. The van der Waals surface area contributed by atoms with Gasteiger partial charge in [-0.3, -0.25) is 4.79 Å². The van der Waals surface area contributed by atoms with E-state index in [1.165, 1.54) is 29.2 Å². The summed E-state index contributed by atoms with van der Waals surface area (Å²) in [4.78, 5) is 28.8. The summed E-state index contributed by atoms with van der Waals surface area (Å²) in [6.07, 6.45) is 3.09. The van der Waals surface area contributed by atoms with Gasteiger partial charge in [0.15, 0.2) is 0 Å². The first-order valence-corrected chi connectivity index (χ1v) is 9.81. The van der Waals surface area contributed by atoms with E-state index in [4.69, 9.17) is 4.42 Å². The van der Waals surface area contributed by atoms with Crippen LogP contribution in [0.15, 0.2) is 90.1 Å². The molecule has 0 spiro atoms. The van der Waals surface area contributed by atoms with Gasteiger partial charge in [0.1, 0.15) is 18.1 Å². The zero-order chi connectivity index (χ0) is 22.1. The zero-order valence-electron chi connectivity index (χ0n) is 17.0. The van der Waals surface area contributed by atoms with Gasteiger partial charge in [-0.25, -0.2) is 9.18 Å². The number of benzene rings is 2. The summed E-state index contributed by atoms with van der Waals surface area (Å²) < 4.78 is 18.8. The number of carbonyl (C=O) groups excluding carboxylic acids is 2. The molecule has 1 aromatic heterocycles. The third kappa shape index (κ3) is 6.57. The molecule has 3 amide bonds. The van der Waals surface area contributed by atoms with Gasteiger partial charge in [0.25, 0.3) is 0 Å². The van der Waals surface area contributed by atoms with Crippen LogP contribution in [0.5, 0.6) is 0 Å². The van der Waals surface area contributed by atoms with E-state index in [2.05, 4.69) is 11.9 Å². The minimum Gasteiger partial charge on any atom is -0.467 e. The van der Waals surface area contributed by atoms with Gasteiger partial charge in [-0.15, -0.1) is 6.58 Å². The number of carbonyl (C=O) groups is 2. The average Bonchev–Trinajstić information content (AvgIpc) is 3.27. The second-order valence-corrected chi connectivity index (χ2v) is 6.92. The first-order valence-electron chi connectivity index (χ1n) is 9.81. The van der Waals surface area contributed by atoms with Crippen LogP contribution in [-0.2, 0) is 17.9 Å². The van der Waals surface area contributed by atoms with Crippen LogP contribution < -0.4 is 5.32 Å². The maximum Gasteiger partial charge on any atom is 0.322 e. The Morgan fingerprint density at radius 2 is 1.81 bits per heavy atom. The van der Waals surface area contributed by atoms with Crippen molar-refractivity contribution in [2.75, 3.05) is 18.4 Å². The first kappa shape index (κ1) is 21.8. The molecule has 0 saturated carbocycles. The van der Waals surface area contributed by atoms with Gasteiger partial charge in [0.05, 0.1) is 12.8 Å². The molecule has 0 aliphatic heterocycles. The van der Waals surface area contributed by atoms with Crippen LogP contribution in [0, 0.1) is 5.82 Å². The largest absolute Gasteiger partial charge is 0.467 e. The van der Waals surface area contributed by atoms with Crippen LogP contribution in [0.2, 0.25) is 0 Å². The van der Waals surface area contributed by atoms with Crippen LogP contribution in [0.1, 0.15) is 11.3 Å². The minimum absolute atomic E-state index is 0.160. The Labute approximate surface area is 180 Å². The number of furan rings is 1. The summed E-state index contributed by atoms with van der Waals surface area (Å²) in [5.41, 5.74) is 1.27. The fraction of sp³-hybridized carbons (Fsp3) is 0.167. The van der Waals surface area contributed by atoms with Crippen molar-refractivity contribution in [3.63, 3.8) is 0 Å². The summed E-state index contributed by atoms with van der Waals surface area (Å²) in [6.45, 7) is 4.30. The van der Waals surface area contributed by atoms with E-state index in [1.54, 1.807) is 29.4 Å². The van der Waals surface area contributed by atoms with Crippen molar-refractivity contribution in [3.8, 4) is 0 Å². The highest BCUT2D eigenvalue weighted by atomic mass is 19.1. The van der Waals surface area contributed by atoms with E-state index in [0.29, 0.717) is 18.0 Å². The van der Waals surface area contributed by atoms with E-state index in [0.717, 1.165) is 5.56 Å². The zero-order valence-corrected chi connectivity index (χ0v) is 17.0. The number of rotatable bonds is 9.